The van der Waals surface area contributed by atoms with Crippen LogP contribution in [0.5, 0.6) is 0 Å². The zero-order valence-electron chi connectivity index (χ0n) is 34.5. The number of phosphoric ester groups is 1. The Hall–Kier alpha value is -1.28. The third-order valence-electron chi connectivity index (χ3n) is 9.32. The van der Waals surface area contributed by atoms with Crippen LogP contribution in [-0.4, -0.2) is 68.5 Å². The van der Waals surface area contributed by atoms with Crippen molar-refractivity contribution in [3.63, 3.8) is 0 Å². The standard InChI is InChI=1S/C43H83N2O6P/c1-6-8-10-12-14-16-18-19-20-21-22-23-24-25-27-29-31-33-35-37-43(47)44-41(40-51-52(48,49)50-39-38-45(3,4)5)42(46)36-34-32-30-28-26-17-15-13-11-9-7-2/h19-20,26,28,34,36,41-42,46H,6-18,21-25,27,29-33,35,37-40H2,1-5H3,(H-,44,47,48,49)/b20-19+,28-26+,36-34+/t41-,42+/m0/s1. The van der Waals surface area contributed by atoms with Crippen LogP contribution < -0.4 is 10.2 Å². The van der Waals surface area contributed by atoms with E-state index < -0.39 is 26.6 Å². The minimum Gasteiger partial charge on any atom is -0.756 e. The van der Waals surface area contributed by atoms with Crippen LogP contribution >= 0.6 is 7.82 Å². The number of rotatable bonds is 38. The minimum atomic E-state index is -4.59. The van der Waals surface area contributed by atoms with Gasteiger partial charge in [0.15, 0.2) is 0 Å². The van der Waals surface area contributed by atoms with Gasteiger partial charge in [0, 0.05) is 6.42 Å². The Morgan fingerprint density at radius 3 is 1.56 bits per heavy atom. The van der Waals surface area contributed by atoms with Crippen LogP contribution in [0.25, 0.3) is 0 Å². The zero-order chi connectivity index (χ0) is 38.6. The zero-order valence-corrected chi connectivity index (χ0v) is 35.4. The molecule has 306 valence electrons. The maximum atomic E-state index is 12.8. The van der Waals surface area contributed by atoms with Crippen LogP contribution in [0.1, 0.15) is 181 Å². The highest BCUT2D eigenvalue weighted by atomic mass is 31.2. The summed E-state index contributed by atoms with van der Waals surface area (Å²) in [4.78, 5) is 25.2. The van der Waals surface area contributed by atoms with Gasteiger partial charge in [-0.3, -0.25) is 9.36 Å². The lowest BCUT2D eigenvalue weighted by molar-refractivity contribution is -0.870. The summed E-state index contributed by atoms with van der Waals surface area (Å²) in [6, 6.07) is -0.900. The number of hydrogen-bond acceptors (Lipinski definition) is 6. The third kappa shape index (κ3) is 37.1. The molecule has 0 heterocycles. The lowest BCUT2D eigenvalue weighted by Crippen LogP contribution is -2.45. The van der Waals surface area contributed by atoms with Gasteiger partial charge in [-0.15, -0.1) is 0 Å². The molecular weight excluding hydrogens is 671 g/mol. The number of carbonyl (C=O) groups is 1. The molecule has 0 saturated heterocycles. The molecule has 2 N–H and O–H groups in total. The van der Waals surface area contributed by atoms with Crippen molar-refractivity contribution < 1.29 is 32.9 Å². The topological polar surface area (TPSA) is 108 Å². The first kappa shape index (κ1) is 50.7. The van der Waals surface area contributed by atoms with E-state index in [1.807, 2.05) is 27.2 Å². The molecular formula is C43H83N2O6P. The van der Waals surface area contributed by atoms with Gasteiger partial charge in [0.1, 0.15) is 13.2 Å². The molecule has 0 aliphatic carbocycles. The predicted molar refractivity (Wildman–Crippen MR) is 219 cm³/mol. The maximum Gasteiger partial charge on any atom is 0.268 e. The number of amides is 1. The van der Waals surface area contributed by atoms with Crippen molar-refractivity contribution in [2.75, 3.05) is 40.9 Å². The first-order chi connectivity index (χ1) is 25.0. The SMILES string of the molecule is CCCCCCC/C=C/CC/C=C/[C@@H](O)[C@H](COP(=O)([O-])OCC[N+](C)(C)C)NC(=O)CCCCCCCCCCC/C=C/CCCCCCCC. The average molecular weight is 755 g/mol. The van der Waals surface area contributed by atoms with Crippen molar-refractivity contribution in [1.29, 1.82) is 0 Å². The van der Waals surface area contributed by atoms with E-state index in [-0.39, 0.29) is 12.5 Å². The molecule has 8 nitrogen and oxygen atoms in total. The van der Waals surface area contributed by atoms with Gasteiger partial charge < -0.3 is 28.8 Å². The Balaban J connectivity index is 4.40. The number of unbranched alkanes of at least 4 members (excludes halogenated alkanes) is 21. The second-order valence-electron chi connectivity index (χ2n) is 15.7. The number of nitrogens with one attached hydrogen (secondary N) is 1. The molecule has 0 aromatic rings. The highest BCUT2D eigenvalue weighted by molar-refractivity contribution is 7.45. The number of carbonyl (C=O) groups excluding carboxylic acids is 1. The van der Waals surface area contributed by atoms with E-state index in [0.29, 0.717) is 17.4 Å². The van der Waals surface area contributed by atoms with E-state index >= 15 is 0 Å². The fourth-order valence-corrected chi connectivity index (χ4v) is 6.59. The molecule has 0 saturated carbocycles. The van der Waals surface area contributed by atoms with Gasteiger partial charge in [-0.2, -0.15) is 0 Å². The number of likely N-dealkylation sites (N-methyl/N-ethyl adjacent to an activating group) is 1. The number of nitrogens with zero attached hydrogens (tertiary/aromatic N) is 1. The highest BCUT2D eigenvalue weighted by Gasteiger charge is 2.23. The van der Waals surface area contributed by atoms with Crippen LogP contribution in [0, 0.1) is 0 Å². The second kappa shape index (κ2) is 35.4. The molecule has 0 rings (SSSR count). The number of aliphatic hydroxyl groups excluding tert-OH is 1. The predicted octanol–water partition coefficient (Wildman–Crippen LogP) is 10.9. The van der Waals surface area contributed by atoms with Gasteiger partial charge in [-0.05, 0) is 57.8 Å². The summed E-state index contributed by atoms with van der Waals surface area (Å²) in [5.74, 6) is -0.212. The van der Waals surface area contributed by atoms with Crippen molar-refractivity contribution in [1.82, 2.24) is 5.32 Å². The van der Waals surface area contributed by atoms with E-state index in [9.17, 15) is 19.4 Å². The summed E-state index contributed by atoms with van der Waals surface area (Å²) in [6.07, 6.45) is 41.9. The van der Waals surface area contributed by atoms with Crippen LogP contribution in [0.4, 0.5) is 0 Å². The molecule has 0 radical (unpaired) electrons. The Bertz CT molecular complexity index is 948. The van der Waals surface area contributed by atoms with Gasteiger partial charge >= 0.3 is 0 Å². The molecule has 0 spiro atoms. The number of aliphatic hydroxyl groups is 1. The summed E-state index contributed by atoms with van der Waals surface area (Å²) in [5, 5.41) is 13.7. The first-order valence-corrected chi connectivity index (χ1v) is 22.8. The summed E-state index contributed by atoms with van der Waals surface area (Å²) in [6.45, 7) is 4.58. The van der Waals surface area contributed by atoms with Gasteiger partial charge in [-0.25, -0.2) is 0 Å². The van der Waals surface area contributed by atoms with Crippen LogP contribution in [0.2, 0.25) is 0 Å². The fourth-order valence-electron chi connectivity index (χ4n) is 5.87. The van der Waals surface area contributed by atoms with Gasteiger partial charge in [0.05, 0.1) is 39.9 Å². The lowest BCUT2D eigenvalue weighted by atomic mass is 10.0. The van der Waals surface area contributed by atoms with Crippen molar-refractivity contribution in [3.05, 3.63) is 36.5 Å². The normalized spacial score (nSPS) is 14.8. The van der Waals surface area contributed by atoms with E-state index in [1.165, 1.54) is 122 Å². The van der Waals surface area contributed by atoms with Crippen LogP contribution in [0.15, 0.2) is 36.5 Å². The Labute approximate surface area is 321 Å². The largest absolute Gasteiger partial charge is 0.756 e. The Kier molecular flexibility index (Phi) is 34.6. The number of hydrogen-bond donors (Lipinski definition) is 2. The minimum absolute atomic E-state index is 0.00693. The fraction of sp³-hybridized carbons (Fsp3) is 0.837. The van der Waals surface area contributed by atoms with E-state index in [1.54, 1.807) is 6.08 Å². The molecule has 0 aromatic carbocycles. The Morgan fingerprint density at radius 1 is 0.654 bits per heavy atom. The van der Waals surface area contributed by atoms with E-state index in [4.69, 9.17) is 9.05 Å². The average Bonchev–Trinajstić information content (AvgIpc) is 3.09. The van der Waals surface area contributed by atoms with E-state index in [2.05, 4.69) is 43.5 Å². The smallest absolute Gasteiger partial charge is 0.268 e. The summed E-state index contributed by atoms with van der Waals surface area (Å²) < 4.78 is 23.1. The molecule has 9 heteroatoms. The molecule has 0 aliphatic heterocycles. The van der Waals surface area contributed by atoms with E-state index in [0.717, 1.165) is 38.5 Å². The number of quaternary nitrogens is 1. The first-order valence-electron chi connectivity index (χ1n) is 21.4. The summed E-state index contributed by atoms with van der Waals surface area (Å²) in [7, 11) is 1.24. The molecule has 0 bridgehead atoms. The van der Waals surface area contributed by atoms with Crippen LogP contribution in [0.3, 0.4) is 0 Å². The van der Waals surface area contributed by atoms with Crippen molar-refractivity contribution in [2.24, 2.45) is 0 Å². The molecule has 0 aliphatic rings. The van der Waals surface area contributed by atoms with Crippen molar-refractivity contribution >= 4 is 13.7 Å². The molecule has 0 fully saturated rings. The quantitative estimate of drug-likeness (QED) is 0.0281. The molecule has 0 aromatic heterocycles. The molecule has 3 atom stereocenters. The monoisotopic (exact) mass is 755 g/mol. The van der Waals surface area contributed by atoms with Crippen LogP contribution in [-0.2, 0) is 18.4 Å². The summed E-state index contributed by atoms with van der Waals surface area (Å²) in [5.41, 5.74) is 0. The maximum absolute atomic E-state index is 12.8. The number of phosphoric acid groups is 1. The second-order valence-corrected chi connectivity index (χ2v) is 17.1. The summed E-state index contributed by atoms with van der Waals surface area (Å²) >= 11 is 0. The van der Waals surface area contributed by atoms with Crippen molar-refractivity contribution in [3.8, 4) is 0 Å². The lowest BCUT2D eigenvalue weighted by Gasteiger charge is -2.29. The van der Waals surface area contributed by atoms with Crippen molar-refractivity contribution in [2.45, 2.75) is 193 Å². The van der Waals surface area contributed by atoms with Gasteiger partial charge in [0.25, 0.3) is 7.82 Å². The van der Waals surface area contributed by atoms with Gasteiger partial charge in [-0.1, -0.05) is 153 Å². The number of allylic oxidation sites excluding steroid dienone is 5. The highest BCUT2D eigenvalue weighted by Crippen LogP contribution is 2.38. The molecule has 52 heavy (non-hydrogen) atoms. The third-order valence-corrected chi connectivity index (χ3v) is 10.3. The molecule has 1 amide bonds. The van der Waals surface area contributed by atoms with Gasteiger partial charge in [0.2, 0.25) is 5.91 Å². The Morgan fingerprint density at radius 2 is 1.08 bits per heavy atom. The molecule has 1 unspecified atom stereocenters.